The van der Waals surface area contributed by atoms with E-state index in [1.54, 1.807) is 12.1 Å². The molecule has 1 amide bonds. The molecule has 204 valence electrons. The van der Waals surface area contributed by atoms with Crippen LogP contribution in [0.3, 0.4) is 0 Å². The Bertz CT molecular complexity index is 1530. The van der Waals surface area contributed by atoms with Crippen LogP contribution in [0.5, 0.6) is 0 Å². The van der Waals surface area contributed by atoms with Crippen LogP contribution in [0.4, 0.5) is 17.3 Å². The molecule has 3 aromatic rings. The number of hydrogen-bond donors (Lipinski definition) is 3. The minimum Gasteiger partial charge on any atom is -0.382 e. The predicted octanol–water partition coefficient (Wildman–Crippen LogP) is 1.80. The van der Waals surface area contributed by atoms with Crippen molar-refractivity contribution in [2.24, 2.45) is 0 Å². The first-order valence-electron chi connectivity index (χ1n) is 12.0. The smallest absolute Gasteiger partial charge is 0.256 e. The van der Waals surface area contributed by atoms with Crippen molar-refractivity contribution in [3.63, 3.8) is 0 Å². The van der Waals surface area contributed by atoms with Gasteiger partial charge in [0, 0.05) is 37.3 Å². The molecule has 38 heavy (non-hydrogen) atoms. The van der Waals surface area contributed by atoms with E-state index in [4.69, 9.17) is 0 Å². The predicted molar refractivity (Wildman–Crippen MR) is 144 cm³/mol. The molecular formula is C23H30N8O5S2. The van der Waals surface area contributed by atoms with Gasteiger partial charge in [-0.3, -0.25) is 4.79 Å². The number of pyridine rings is 1. The molecule has 0 spiro atoms. The van der Waals surface area contributed by atoms with E-state index in [1.165, 1.54) is 24.8 Å². The number of amides is 1. The van der Waals surface area contributed by atoms with Crippen molar-refractivity contribution in [1.82, 2.24) is 29.5 Å². The van der Waals surface area contributed by atoms with Crippen LogP contribution in [0.2, 0.25) is 0 Å². The number of nitrogens with zero attached hydrogens (tertiary/aromatic N) is 5. The second kappa shape index (κ2) is 11.0. The van der Waals surface area contributed by atoms with Gasteiger partial charge in [-0.1, -0.05) is 0 Å². The number of hydrogen-bond acceptors (Lipinski definition) is 11. The third kappa shape index (κ3) is 7.04. The third-order valence-corrected chi connectivity index (χ3v) is 8.57. The van der Waals surface area contributed by atoms with Gasteiger partial charge in [0.05, 0.1) is 40.2 Å². The van der Waals surface area contributed by atoms with Crippen molar-refractivity contribution in [2.75, 3.05) is 29.2 Å². The lowest BCUT2D eigenvalue weighted by molar-refractivity contribution is 0.0954. The average molecular weight is 563 g/mol. The van der Waals surface area contributed by atoms with Crippen LogP contribution in [-0.2, 0) is 19.9 Å². The maximum absolute atomic E-state index is 12.7. The van der Waals surface area contributed by atoms with Crippen LogP contribution in [0.15, 0.2) is 36.9 Å². The fraction of sp³-hybridized carbons (Fsp3) is 0.435. The second-order valence-corrected chi connectivity index (χ2v) is 13.7. The Hall–Kier alpha value is -3.59. The molecule has 15 heteroatoms. The van der Waals surface area contributed by atoms with Gasteiger partial charge in [0.25, 0.3) is 15.9 Å². The molecule has 0 aliphatic heterocycles. The van der Waals surface area contributed by atoms with Gasteiger partial charge >= 0.3 is 0 Å². The van der Waals surface area contributed by atoms with Crippen LogP contribution in [0.1, 0.15) is 43.5 Å². The normalized spacial score (nSPS) is 13.9. The highest BCUT2D eigenvalue weighted by molar-refractivity contribution is 7.90. The van der Waals surface area contributed by atoms with Gasteiger partial charge in [-0.25, -0.2) is 31.8 Å². The summed E-state index contributed by atoms with van der Waals surface area (Å²) >= 11 is 0. The number of rotatable bonds is 12. The Morgan fingerprint density at radius 2 is 1.89 bits per heavy atom. The Labute approximate surface area is 221 Å². The second-order valence-electron chi connectivity index (χ2n) is 9.39. The van der Waals surface area contributed by atoms with Crippen molar-refractivity contribution in [1.29, 1.82) is 0 Å². The molecule has 4 rings (SSSR count). The molecule has 1 aliphatic carbocycles. The first kappa shape index (κ1) is 27.4. The number of anilines is 3. The molecule has 3 aromatic heterocycles. The van der Waals surface area contributed by atoms with Gasteiger partial charge in [0.2, 0.25) is 0 Å². The lowest BCUT2D eigenvalue weighted by Crippen LogP contribution is -2.27. The van der Waals surface area contributed by atoms with E-state index >= 15 is 0 Å². The highest BCUT2D eigenvalue weighted by Crippen LogP contribution is 2.30. The van der Waals surface area contributed by atoms with Crippen LogP contribution < -0.4 is 16.0 Å². The average Bonchev–Trinajstić information content (AvgIpc) is 3.58. The first-order chi connectivity index (χ1) is 17.9. The van der Waals surface area contributed by atoms with Gasteiger partial charge in [-0.05, 0) is 39.2 Å². The van der Waals surface area contributed by atoms with E-state index in [9.17, 15) is 21.6 Å². The molecular weight excluding hydrogens is 532 g/mol. The van der Waals surface area contributed by atoms with E-state index in [1.807, 2.05) is 13.8 Å². The molecule has 13 nitrogen and oxygen atoms in total. The van der Waals surface area contributed by atoms with E-state index in [-0.39, 0.29) is 35.3 Å². The van der Waals surface area contributed by atoms with Crippen molar-refractivity contribution < 1.29 is 21.6 Å². The zero-order chi connectivity index (χ0) is 27.5. The number of aromatic nitrogens is 5. The standard InChI is InChI=1S/C23H30N8O5S2/c1-15(2)28-19-11-21(26-13-18(19)23(32)25-8-4-10-37(3,33)34)29-20-7-9-24-22(30-20)16-12-27-31(14-16)38(35,36)17-5-6-17/h7,9,11-15,17H,4-6,8,10H2,1-3H3,(H,25,32)(H2,24,26,28,29,30). The van der Waals surface area contributed by atoms with Crippen LogP contribution in [0.25, 0.3) is 11.4 Å². The first-order valence-corrected chi connectivity index (χ1v) is 15.6. The van der Waals surface area contributed by atoms with Crippen molar-refractivity contribution in [3.05, 3.63) is 42.5 Å². The van der Waals surface area contributed by atoms with Gasteiger partial charge in [0.1, 0.15) is 21.5 Å². The topological polar surface area (TPSA) is 178 Å². The Balaban J connectivity index is 1.49. The zero-order valence-corrected chi connectivity index (χ0v) is 22.9. The maximum atomic E-state index is 12.7. The molecule has 3 N–H and O–H groups in total. The van der Waals surface area contributed by atoms with Crippen LogP contribution >= 0.6 is 0 Å². The molecule has 0 atom stereocenters. The van der Waals surface area contributed by atoms with Gasteiger partial charge < -0.3 is 16.0 Å². The largest absolute Gasteiger partial charge is 0.382 e. The fourth-order valence-electron chi connectivity index (χ4n) is 3.54. The molecule has 0 saturated heterocycles. The van der Waals surface area contributed by atoms with E-state index in [2.05, 4.69) is 36.0 Å². The Kier molecular flexibility index (Phi) is 7.97. The summed E-state index contributed by atoms with van der Waals surface area (Å²) < 4.78 is 48.4. The Morgan fingerprint density at radius 1 is 1.13 bits per heavy atom. The lowest BCUT2D eigenvalue weighted by Gasteiger charge is -2.16. The molecule has 0 aromatic carbocycles. The summed E-state index contributed by atoms with van der Waals surface area (Å²) in [6.07, 6.45) is 8.50. The molecule has 1 saturated carbocycles. The summed E-state index contributed by atoms with van der Waals surface area (Å²) in [5, 5.41) is 12.6. The van der Waals surface area contributed by atoms with Crippen molar-refractivity contribution in [3.8, 4) is 11.4 Å². The monoisotopic (exact) mass is 562 g/mol. The number of carbonyl (C=O) groups excluding carboxylic acids is 1. The maximum Gasteiger partial charge on any atom is 0.256 e. The number of sulfone groups is 1. The molecule has 1 aliphatic rings. The Morgan fingerprint density at radius 3 is 2.58 bits per heavy atom. The highest BCUT2D eigenvalue weighted by Gasteiger charge is 2.37. The van der Waals surface area contributed by atoms with Crippen molar-refractivity contribution >= 4 is 43.1 Å². The summed E-state index contributed by atoms with van der Waals surface area (Å²) in [4.78, 5) is 25.7. The van der Waals surface area contributed by atoms with E-state index in [0.29, 0.717) is 47.7 Å². The van der Waals surface area contributed by atoms with Crippen molar-refractivity contribution in [2.45, 2.75) is 44.4 Å². The summed E-state index contributed by atoms with van der Waals surface area (Å²) in [5.41, 5.74) is 1.31. The lowest BCUT2D eigenvalue weighted by atomic mass is 10.2. The summed E-state index contributed by atoms with van der Waals surface area (Å²) in [6, 6.07) is 3.33. The van der Waals surface area contributed by atoms with E-state index < -0.39 is 19.9 Å². The summed E-state index contributed by atoms with van der Waals surface area (Å²) in [6.45, 7) is 4.08. The number of carbonyl (C=O) groups is 1. The van der Waals surface area contributed by atoms with Gasteiger partial charge in [0.15, 0.2) is 5.82 Å². The molecule has 1 fully saturated rings. The molecule has 0 bridgehead atoms. The van der Waals surface area contributed by atoms with Gasteiger partial charge in [-0.2, -0.15) is 9.19 Å². The van der Waals surface area contributed by atoms with Crippen LogP contribution in [-0.4, -0.2) is 76.7 Å². The highest BCUT2D eigenvalue weighted by atomic mass is 32.2. The number of nitrogens with one attached hydrogen (secondary N) is 3. The summed E-state index contributed by atoms with van der Waals surface area (Å²) in [7, 11) is -6.59. The SMILES string of the molecule is CC(C)Nc1cc(Nc2ccnc(-c3cnn(S(=O)(=O)C4CC4)c3)n2)ncc1C(=O)NCCCS(C)(=O)=O. The van der Waals surface area contributed by atoms with Gasteiger partial charge in [-0.15, -0.1) is 0 Å². The minimum atomic E-state index is -3.49. The minimum absolute atomic E-state index is 0.0104. The molecule has 3 heterocycles. The zero-order valence-electron chi connectivity index (χ0n) is 21.2. The fourth-order valence-corrected chi connectivity index (χ4v) is 5.69. The molecule has 0 radical (unpaired) electrons. The quantitative estimate of drug-likeness (QED) is 0.274. The van der Waals surface area contributed by atoms with E-state index in [0.717, 1.165) is 10.3 Å². The molecule has 0 unspecified atom stereocenters. The third-order valence-electron chi connectivity index (χ3n) is 5.51. The van der Waals surface area contributed by atoms with Crippen LogP contribution in [0, 0.1) is 0 Å². The summed E-state index contributed by atoms with van der Waals surface area (Å²) in [5.74, 6) is 0.733.